The van der Waals surface area contributed by atoms with Crippen molar-refractivity contribution >= 4 is 109 Å². The Balaban J connectivity index is 0.000000138. The highest BCUT2D eigenvalue weighted by atomic mass is 15.1. The molecule has 10 nitrogen and oxygen atoms in total. The minimum absolute atomic E-state index is 0.637. The standard InChI is InChI=1S/2C49H31N5/c1-4-16-32(17-5-1)47-50-48(33-18-6-2-7-19-33)52-49(51-47)39-28-29-44(36-23-11-10-22-35(36)39)54-43-27-15-13-25-38(43)41-30-40-37-24-12-14-26-42(37)53(45(40)31-46(41)54)34-20-8-3-9-21-34;1-4-15-33(16-5-1)47-50-48(34-17-6-2-7-18-34)52-49(51-47)35-24-27-37(28-25-35)53-42-23-13-12-22-39(42)40-30-41-45(31-44(40)53)54(36-19-8-3-9-20-36)43-29-26-32-14-10-11-21-38(32)46(41)43/h2*1-31H. The molecule has 504 valence electrons. The molecule has 0 amide bonds. The summed E-state index contributed by atoms with van der Waals surface area (Å²) < 4.78 is 9.62. The van der Waals surface area contributed by atoms with Crippen LogP contribution < -0.4 is 0 Å². The van der Waals surface area contributed by atoms with Crippen LogP contribution in [-0.2, 0) is 0 Å². The van der Waals surface area contributed by atoms with Crippen LogP contribution in [0.15, 0.2) is 376 Å². The Bertz CT molecular complexity index is 7140. The Labute approximate surface area is 620 Å². The molecule has 22 rings (SSSR count). The van der Waals surface area contributed by atoms with Crippen molar-refractivity contribution in [3.8, 4) is 91.1 Å². The Morgan fingerprint density at radius 1 is 0.167 bits per heavy atom. The van der Waals surface area contributed by atoms with Crippen molar-refractivity contribution in [2.45, 2.75) is 0 Å². The van der Waals surface area contributed by atoms with Crippen LogP contribution in [0.5, 0.6) is 0 Å². The number of nitrogens with zero attached hydrogens (tertiary/aromatic N) is 10. The lowest BCUT2D eigenvalue weighted by Gasteiger charge is -2.15. The first-order valence-electron chi connectivity index (χ1n) is 36.4. The van der Waals surface area contributed by atoms with Crippen LogP contribution in [0.25, 0.3) is 200 Å². The van der Waals surface area contributed by atoms with Gasteiger partial charge in [0.1, 0.15) is 0 Å². The number of benzene rings is 16. The zero-order valence-corrected chi connectivity index (χ0v) is 58.3. The van der Waals surface area contributed by atoms with E-state index in [9.17, 15) is 0 Å². The molecule has 0 saturated carbocycles. The summed E-state index contributed by atoms with van der Waals surface area (Å²) in [6.45, 7) is 0. The predicted octanol–water partition coefficient (Wildman–Crippen LogP) is 24.4. The first-order valence-corrected chi connectivity index (χ1v) is 36.4. The molecule has 0 spiro atoms. The molecule has 6 heterocycles. The van der Waals surface area contributed by atoms with Gasteiger partial charge >= 0.3 is 0 Å². The summed E-state index contributed by atoms with van der Waals surface area (Å²) in [6, 6.07) is 132. The Morgan fingerprint density at radius 2 is 0.491 bits per heavy atom. The summed E-state index contributed by atoms with van der Waals surface area (Å²) in [5, 5.41) is 14.6. The highest BCUT2D eigenvalue weighted by Gasteiger charge is 2.24. The van der Waals surface area contributed by atoms with Gasteiger partial charge in [-0.05, 0) is 125 Å². The largest absolute Gasteiger partial charge is 0.309 e. The van der Waals surface area contributed by atoms with Crippen molar-refractivity contribution < 1.29 is 0 Å². The average Bonchev–Trinajstić information content (AvgIpc) is 1.56. The molecule has 0 aliphatic heterocycles. The number of fused-ring (bicyclic) bond motifs is 15. The minimum atomic E-state index is 0.637. The quantitative estimate of drug-likeness (QED) is 0.135. The minimum Gasteiger partial charge on any atom is -0.309 e. The molecular formula is C98H62N10. The van der Waals surface area contributed by atoms with E-state index in [1.54, 1.807) is 0 Å². The van der Waals surface area contributed by atoms with Gasteiger partial charge in [-0.2, -0.15) is 0 Å². The van der Waals surface area contributed by atoms with E-state index in [-0.39, 0.29) is 0 Å². The zero-order chi connectivity index (χ0) is 71.2. The molecule has 0 aliphatic carbocycles. The van der Waals surface area contributed by atoms with Crippen LogP contribution in [0, 0.1) is 0 Å². The normalized spacial score (nSPS) is 11.7. The van der Waals surface area contributed by atoms with E-state index in [1.807, 2.05) is 121 Å². The third-order valence-electron chi connectivity index (χ3n) is 21.1. The van der Waals surface area contributed by atoms with Crippen LogP contribution in [0.1, 0.15) is 0 Å². The van der Waals surface area contributed by atoms with Gasteiger partial charge in [-0.3, -0.25) is 0 Å². The van der Waals surface area contributed by atoms with Crippen molar-refractivity contribution in [3.05, 3.63) is 376 Å². The number of hydrogen-bond acceptors (Lipinski definition) is 6. The lowest BCUT2D eigenvalue weighted by atomic mass is 10.0. The topological polar surface area (TPSA) is 97.1 Å². The van der Waals surface area contributed by atoms with Gasteiger partial charge in [-0.1, -0.05) is 267 Å². The molecule has 0 bridgehead atoms. The van der Waals surface area contributed by atoms with Crippen LogP contribution in [0.4, 0.5) is 0 Å². The highest BCUT2D eigenvalue weighted by Crippen LogP contribution is 2.45. The molecule has 10 heteroatoms. The average molecular weight is 1380 g/mol. The molecular weight excluding hydrogens is 1320 g/mol. The van der Waals surface area contributed by atoms with Gasteiger partial charge in [0.2, 0.25) is 0 Å². The third-order valence-corrected chi connectivity index (χ3v) is 21.1. The Hall–Kier alpha value is -14.7. The van der Waals surface area contributed by atoms with Gasteiger partial charge in [0, 0.05) is 98.9 Å². The fourth-order valence-electron chi connectivity index (χ4n) is 16.2. The second kappa shape index (κ2) is 25.6. The lowest BCUT2D eigenvalue weighted by Crippen LogP contribution is -2.01. The molecule has 0 radical (unpaired) electrons. The molecule has 22 aromatic rings. The molecule has 0 aliphatic rings. The molecule has 0 N–H and O–H groups in total. The fraction of sp³-hybridized carbons (Fsp3) is 0. The highest BCUT2D eigenvalue weighted by molar-refractivity contribution is 6.26. The SMILES string of the molecule is c1ccc(-c2nc(-c3ccccc3)nc(-c3ccc(-n4c5ccccc5c5cc6c7c8ccccc8ccc7n(-c7ccccc7)c6cc54)cc3)n2)cc1.c1ccc(-c2nc(-c3ccccc3)nc(-c3ccc(-n4c5ccccc5c5cc6c7ccccc7n(-c7ccccc7)c6cc54)c4ccccc34)n2)cc1. The van der Waals surface area contributed by atoms with Gasteiger partial charge in [0.15, 0.2) is 34.9 Å². The fourth-order valence-corrected chi connectivity index (χ4v) is 16.2. The molecule has 0 unspecified atom stereocenters. The number of aromatic nitrogens is 10. The van der Waals surface area contributed by atoms with Crippen molar-refractivity contribution in [1.82, 2.24) is 48.2 Å². The van der Waals surface area contributed by atoms with E-state index in [4.69, 9.17) is 29.9 Å². The van der Waals surface area contributed by atoms with Gasteiger partial charge < -0.3 is 18.3 Å². The lowest BCUT2D eigenvalue weighted by molar-refractivity contribution is 1.07. The Morgan fingerprint density at radius 3 is 0.954 bits per heavy atom. The number of rotatable bonds is 10. The van der Waals surface area contributed by atoms with Crippen molar-refractivity contribution in [3.63, 3.8) is 0 Å². The van der Waals surface area contributed by atoms with Gasteiger partial charge in [0.05, 0.1) is 49.8 Å². The third kappa shape index (κ3) is 10.3. The zero-order valence-electron chi connectivity index (χ0n) is 58.3. The maximum Gasteiger partial charge on any atom is 0.164 e. The van der Waals surface area contributed by atoms with E-state index >= 15 is 0 Å². The summed E-state index contributed by atoms with van der Waals surface area (Å²) in [5.74, 6) is 3.87. The Kier molecular flexibility index (Phi) is 14.7. The second-order valence-electron chi connectivity index (χ2n) is 27.3. The second-order valence-corrected chi connectivity index (χ2v) is 27.3. The van der Waals surface area contributed by atoms with Gasteiger partial charge in [-0.15, -0.1) is 0 Å². The van der Waals surface area contributed by atoms with E-state index in [0.717, 1.165) is 89.0 Å². The maximum atomic E-state index is 5.10. The number of para-hydroxylation sites is 5. The molecule has 0 fully saturated rings. The summed E-state index contributed by atoms with van der Waals surface area (Å²) in [5.41, 5.74) is 19.5. The predicted molar refractivity (Wildman–Crippen MR) is 445 cm³/mol. The van der Waals surface area contributed by atoms with Crippen LogP contribution in [0.2, 0.25) is 0 Å². The molecule has 0 saturated heterocycles. The maximum absolute atomic E-state index is 5.10. The van der Waals surface area contributed by atoms with Gasteiger partial charge in [0.25, 0.3) is 0 Å². The first-order chi connectivity index (χ1) is 53.6. The summed E-state index contributed by atoms with van der Waals surface area (Å²) in [4.78, 5) is 30.0. The van der Waals surface area contributed by atoms with Crippen LogP contribution >= 0.6 is 0 Å². The molecule has 16 aromatic carbocycles. The summed E-state index contributed by atoms with van der Waals surface area (Å²) >= 11 is 0. The molecule has 108 heavy (non-hydrogen) atoms. The van der Waals surface area contributed by atoms with E-state index in [1.165, 1.54) is 75.9 Å². The first kappa shape index (κ1) is 61.9. The van der Waals surface area contributed by atoms with Crippen LogP contribution in [-0.4, -0.2) is 48.2 Å². The number of hydrogen-bond donors (Lipinski definition) is 0. The monoisotopic (exact) mass is 1380 g/mol. The molecule has 0 atom stereocenters. The van der Waals surface area contributed by atoms with Crippen molar-refractivity contribution in [2.75, 3.05) is 0 Å². The smallest absolute Gasteiger partial charge is 0.164 e. The van der Waals surface area contributed by atoms with E-state index in [0.29, 0.717) is 34.9 Å². The summed E-state index contributed by atoms with van der Waals surface area (Å²) in [7, 11) is 0. The van der Waals surface area contributed by atoms with Crippen molar-refractivity contribution in [1.29, 1.82) is 0 Å². The van der Waals surface area contributed by atoms with E-state index < -0.39 is 0 Å². The van der Waals surface area contributed by atoms with E-state index in [2.05, 4.69) is 273 Å². The molecule has 6 aromatic heterocycles. The summed E-state index contributed by atoms with van der Waals surface area (Å²) in [6.07, 6.45) is 0. The van der Waals surface area contributed by atoms with Crippen molar-refractivity contribution in [2.24, 2.45) is 0 Å². The van der Waals surface area contributed by atoms with Gasteiger partial charge in [-0.25, -0.2) is 29.9 Å². The van der Waals surface area contributed by atoms with Crippen LogP contribution in [0.3, 0.4) is 0 Å².